The summed E-state index contributed by atoms with van der Waals surface area (Å²) in [5.41, 5.74) is 3.10. The lowest BCUT2D eigenvalue weighted by atomic mass is 10.1. The Balaban J connectivity index is 2.76. The van der Waals surface area contributed by atoms with Gasteiger partial charge < -0.3 is 15.2 Å². The fraction of sp³-hybridized carbons (Fsp3) is 0.417. The molecule has 0 unspecified atom stereocenters. The van der Waals surface area contributed by atoms with Crippen molar-refractivity contribution < 1.29 is 14.6 Å². The Kier molecular flexibility index (Phi) is 4.17. The van der Waals surface area contributed by atoms with Gasteiger partial charge in [-0.05, 0) is 37.1 Å². The zero-order valence-corrected chi connectivity index (χ0v) is 9.83. The third-order valence-corrected chi connectivity index (χ3v) is 2.38. The van der Waals surface area contributed by atoms with Crippen LogP contribution in [0.3, 0.4) is 0 Å². The van der Waals surface area contributed by atoms with Crippen molar-refractivity contribution >= 4 is 11.7 Å². The molecule has 4 heteroatoms. The number of benzene rings is 1. The second-order valence-corrected chi connectivity index (χ2v) is 3.71. The molecule has 0 fully saturated rings. The summed E-state index contributed by atoms with van der Waals surface area (Å²) in [5.74, 6) is 0.0232. The van der Waals surface area contributed by atoms with E-state index in [1.54, 1.807) is 7.11 Å². The second-order valence-electron chi connectivity index (χ2n) is 3.71. The van der Waals surface area contributed by atoms with Crippen LogP contribution in [0.2, 0.25) is 0 Å². The third kappa shape index (κ3) is 3.15. The minimum absolute atomic E-state index is 0.116. The standard InChI is InChI=1S/C12H17NO3/c1-8-6-10(16-3)7-9(2)12(8)13-5-4-11(14)15/h6-7,13H,4-5H2,1-3H3,(H,14,15). The van der Waals surface area contributed by atoms with E-state index in [0.717, 1.165) is 22.6 Å². The van der Waals surface area contributed by atoms with Gasteiger partial charge in [0.1, 0.15) is 5.75 Å². The Morgan fingerprint density at radius 2 is 1.94 bits per heavy atom. The molecule has 2 N–H and O–H groups in total. The number of ether oxygens (including phenoxy) is 1. The Labute approximate surface area is 95.2 Å². The van der Waals surface area contributed by atoms with Gasteiger partial charge in [0, 0.05) is 12.2 Å². The molecule has 0 spiro atoms. The molecule has 0 heterocycles. The number of aliphatic carboxylic acids is 1. The predicted octanol–water partition coefficient (Wildman–Crippen LogP) is 2.20. The molecule has 1 rings (SSSR count). The molecule has 1 aromatic carbocycles. The minimum atomic E-state index is -0.795. The molecule has 0 aliphatic rings. The van der Waals surface area contributed by atoms with E-state index in [9.17, 15) is 4.79 Å². The molecular weight excluding hydrogens is 206 g/mol. The zero-order valence-electron chi connectivity index (χ0n) is 9.83. The van der Waals surface area contributed by atoms with Gasteiger partial charge in [-0.3, -0.25) is 4.79 Å². The number of nitrogens with one attached hydrogen (secondary N) is 1. The summed E-state index contributed by atoms with van der Waals surface area (Å²) in [6.07, 6.45) is 0.116. The summed E-state index contributed by atoms with van der Waals surface area (Å²) in [6, 6.07) is 3.85. The van der Waals surface area contributed by atoms with Crippen LogP contribution >= 0.6 is 0 Å². The van der Waals surface area contributed by atoms with Crippen LogP contribution in [-0.2, 0) is 4.79 Å². The summed E-state index contributed by atoms with van der Waals surface area (Å²) in [5, 5.41) is 11.7. The number of hydrogen-bond donors (Lipinski definition) is 2. The molecule has 0 aliphatic heterocycles. The van der Waals surface area contributed by atoms with Gasteiger partial charge in [-0.1, -0.05) is 0 Å². The van der Waals surface area contributed by atoms with E-state index in [4.69, 9.17) is 9.84 Å². The van der Waals surface area contributed by atoms with E-state index in [1.165, 1.54) is 0 Å². The maximum Gasteiger partial charge on any atom is 0.305 e. The Bertz CT molecular complexity index is 365. The lowest BCUT2D eigenvalue weighted by Crippen LogP contribution is -2.09. The van der Waals surface area contributed by atoms with E-state index in [0.29, 0.717) is 6.54 Å². The lowest BCUT2D eigenvalue weighted by molar-refractivity contribution is -0.136. The molecule has 0 bridgehead atoms. The van der Waals surface area contributed by atoms with Gasteiger partial charge in [0.15, 0.2) is 0 Å². The quantitative estimate of drug-likeness (QED) is 0.803. The lowest BCUT2D eigenvalue weighted by Gasteiger charge is -2.13. The fourth-order valence-corrected chi connectivity index (χ4v) is 1.61. The highest BCUT2D eigenvalue weighted by Gasteiger charge is 2.05. The fourth-order valence-electron chi connectivity index (χ4n) is 1.61. The van der Waals surface area contributed by atoms with Gasteiger partial charge >= 0.3 is 5.97 Å². The van der Waals surface area contributed by atoms with Gasteiger partial charge in [-0.15, -0.1) is 0 Å². The van der Waals surface area contributed by atoms with Crippen LogP contribution in [0, 0.1) is 13.8 Å². The SMILES string of the molecule is COc1cc(C)c(NCCC(=O)O)c(C)c1. The third-order valence-electron chi connectivity index (χ3n) is 2.38. The van der Waals surface area contributed by atoms with Crippen molar-refractivity contribution in [2.45, 2.75) is 20.3 Å². The first-order valence-corrected chi connectivity index (χ1v) is 5.15. The molecule has 0 saturated carbocycles. The minimum Gasteiger partial charge on any atom is -0.497 e. The van der Waals surface area contributed by atoms with E-state index in [2.05, 4.69) is 5.32 Å². The molecule has 88 valence electrons. The number of aryl methyl sites for hydroxylation is 2. The normalized spacial score (nSPS) is 9.94. The summed E-state index contributed by atoms with van der Waals surface area (Å²) in [6.45, 7) is 4.38. The van der Waals surface area contributed by atoms with Crippen molar-refractivity contribution in [2.75, 3.05) is 19.0 Å². The zero-order chi connectivity index (χ0) is 12.1. The molecular formula is C12H17NO3. The van der Waals surface area contributed by atoms with Crippen LogP contribution in [0.25, 0.3) is 0 Å². The summed E-state index contributed by atoms with van der Waals surface area (Å²) in [4.78, 5) is 10.4. The molecule has 0 radical (unpaired) electrons. The van der Waals surface area contributed by atoms with Crippen molar-refractivity contribution in [2.24, 2.45) is 0 Å². The Morgan fingerprint density at radius 3 is 2.38 bits per heavy atom. The van der Waals surface area contributed by atoms with Crippen LogP contribution in [0.5, 0.6) is 5.75 Å². The van der Waals surface area contributed by atoms with Gasteiger partial charge in [0.25, 0.3) is 0 Å². The molecule has 0 atom stereocenters. The van der Waals surface area contributed by atoms with Crippen LogP contribution in [0.4, 0.5) is 5.69 Å². The Hall–Kier alpha value is -1.71. The molecule has 0 amide bonds. The van der Waals surface area contributed by atoms with Gasteiger partial charge in [-0.25, -0.2) is 0 Å². The van der Waals surface area contributed by atoms with Gasteiger partial charge in [0.05, 0.1) is 13.5 Å². The number of carboxylic acids is 1. The monoisotopic (exact) mass is 223 g/mol. The first-order valence-electron chi connectivity index (χ1n) is 5.15. The average molecular weight is 223 g/mol. The van der Waals surface area contributed by atoms with E-state index >= 15 is 0 Å². The molecule has 0 aromatic heterocycles. The van der Waals surface area contributed by atoms with Crippen molar-refractivity contribution in [3.63, 3.8) is 0 Å². The molecule has 0 aliphatic carbocycles. The predicted molar refractivity (Wildman–Crippen MR) is 63.2 cm³/mol. The Morgan fingerprint density at radius 1 is 1.38 bits per heavy atom. The van der Waals surface area contributed by atoms with E-state index < -0.39 is 5.97 Å². The molecule has 16 heavy (non-hydrogen) atoms. The van der Waals surface area contributed by atoms with Crippen LogP contribution in [0.1, 0.15) is 17.5 Å². The van der Waals surface area contributed by atoms with E-state index in [-0.39, 0.29) is 6.42 Å². The average Bonchev–Trinajstić information content (AvgIpc) is 2.21. The summed E-state index contributed by atoms with van der Waals surface area (Å²) >= 11 is 0. The van der Waals surface area contributed by atoms with Crippen LogP contribution in [-0.4, -0.2) is 24.7 Å². The highest BCUT2D eigenvalue weighted by Crippen LogP contribution is 2.25. The number of hydrogen-bond acceptors (Lipinski definition) is 3. The van der Waals surface area contributed by atoms with Gasteiger partial charge in [-0.2, -0.15) is 0 Å². The number of anilines is 1. The van der Waals surface area contributed by atoms with Crippen molar-refractivity contribution in [1.29, 1.82) is 0 Å². The number of methoxy groups -OCH3 is 1. The highest BCUT2D eigenvalue weighted by molar-refractivity contribution is 5.68. The van der Waals surface area contributed by atoms with Gasteiger partial charge in [0.2, 0.25) is 0 Å². The molecule has 0 saturated heterocycles. The first kappa shape index (κ1) is 12.4. The largest absolute Gasteiger partial charge is 0.497 e. The summed E-state index contributed by atoms with van der Waals surface area (Å²) < 4.78 is 5.15. The van der Waals surface area contributed by atoms with Crippen molar-refractivity contribution in [3.8, 4) is 5.75 Å². The smallest absolute Gasteiger partial charge is 0.305 e. The maximum atomic E-state index is 10.4. The second kappa shape index (κ2) is 5.39. The van der Waals surface area contributed by atoms with E-state index in [1.807, 2.05) is 26.0 Å². The maximum absolute atomic E-state index is 10.4. The number of rotatable bonds is 5. The summed E-state index contributed by atoms with van der Waals surface area (Å²) in [7, 11) is 1.63. The highest BCUT2D eigenvalue weighted by atomic mass is 16.5. The molecule has 4 nitrogen and oxygen atoms in total. The van der Waals surface area contributed by atoms with Crippen LogP contribution in [0.15, 0.2) is 12.1 Å². The number of carbonyl (C=O) groups is 1. The first-order chi connectivity index (χ1) is 7.54. The van der Waals surface area contributed by atoms with Crippen molar-refractivity contribution in [3.05, 3.63) is 23.3 Å². The molecule has 1 aromatic rings. The number of carboxylic acid groups (broad SMARTS) is 1. The van der Waals surface area contributed by atoms with Crippen molar-refractivity contribution in [1.82, 2.24) is 0 Å². The topological polar surface area (TPSA) is 58.6 Å². The van der Waals surface area contributed by atoms with Crippen LogP contribution < -0.4 is 10.1 Å².